The fraction of sp³-hybridized carbons (Fsp3) is 0.633. The molecule has 1 unspecified atom stereocenters. The van der Waals surface area contributed by atoms with Gasteiger partial charge in [-0.2, -0.15) is 13.8 Å². The Hall–Kier alpha value is -3.48. The number of hydrogen-bond acceptors (Lipinski definition) is 8. The Balaban J connectivity index is 1.41. The number of hydrogen-bond donors (Lipinski definition) is 3. The number of likely N-dealkylation sites (tertiary alicyclic amines) is 2. The summed E-state index contributed by atoms with van der Waals surface area (Å²) in [5.74, 6) is -0.0490. The van der Waals surface area contributed by atoms with Crippen LogP contribution in [0.15, 0.2) is 24.4 Å². The summed E-state index contributed by atoms with van der Waals surface area (Å²) in [4.78, 5) is 23.8. The van der Waals surface area contributed by atoms with Gasteiger partial charge in [0.25, 0.3) is 0 Å². The van der Waals surface area contributed by atoms with Gasteiger partial charge in [0.1, 0.15) is 0 Å². The lowest BCUT2D eigenvalue weighted by atomic mass is 9.77. The van der Waals surface area contributed by atoms with E-state index in [0.717, 1.165) is 38.3 Å². The summed E-state index contributed by atoms with van der Waals surface area (Å²) in [5, 5.41) is 6.21. The Morgan fingerprint density at radius 1 is 1.14 bits per heavy atom. The fourth-order valence-corrected chi connectivity index (χ4v) is 6.23. The Morgan fingerprint density at radius 2 is 1.86 bits per heavy atom. The number of amides is 2. The van der Waals surface area contributed by atoms with Crippen LogP contribution in [0.4, 0.5) is 35.4 Å². The number of primary amides is 1. The van der Waals surface area contributed by atoms with E-state index >= 15 is 0 Å². The molecule has 0 radical (unpaired) electrons. The molecular weight excluding hydrogens is 563 g/mol. The van der Waals surface area contributed by atoms with E-state index in [-0.39, 0.29) is 40.4 Å². The molecule has 0 bridgehead atoms. The topological polar surface area (TPSA) is 118 Å². The van der Waals surface area contributed by atoms with E-state index in [1.807, 2.05) is 0 Å². The maximum Gasteiger partial charge on any atom is 0.387 e. The third-order valence-electron chi connectivity index (χ3n) is 8.75. The van der Waals surface area contributed by atoms with Crippen LogP contribution in [0.25, 0.3) is 0 Å². The molecule has 1 atom stereocenters. The average molecular weight is 608 g/mol. The van der Waals surface area contributed by atoms with Crippen molar-refractivity contribution in [2.45, 2.75) is 90.0 Å². The fourth-order valence-electron chi connectivity index (χ4n) is 6.23. The minimum absolute atomic E-state index is 0.0130. The number of ether oxygens (including phenoxy) is 2. The summed E-state index contributed by atoms with van der Waals surface area (Å²) in [7, 11) is 2.10. The van der Waals surface area contributed by atoms with Gasteiger partial charge in [-0.15, -0.1) is 0 Å². The second-order valence-corrected chi connectivity index (χ2v) is 12.7. The van der Waals surface area contributed by atoms with Gasteiger partial charge in [0.15, 0.2) is 23.1 Å². The van der Waals surface area contributed by atoms with E-state index in [1.165, 1.54) is 12.1 Å². The summed E-state index contributed by atoms with van der Waals surface area (Å²) in [6.45, 7) is 7.12. The molecule has 0 spiro atoms. The lowest BCUT2D eigenvalue weighted by molar-refractivity contribution is -0.0515. The van der Waals surface area contributed by atoms with Crippen LogP contribution >= 0.6 is 0 Å². The molecular formula is C30H44F3N7O3. The zero-order valence-corrected chi connectivity index (χ0v) is 25.6. The van der Waals surface area contributed by atoms with E-state index in [0.29, 0.717) is 37.7 Å². The molecule has 0 aliphatic carbocycles. The van der Waals surface area contributed by atoms with Crippen molar-refractivity contribution in [3.8, 4) is 11.5 Å². The highest BCUT2D eigenvalue weighted by molar-refractivity contribution is 5.71. The van der Waals surface area contributed by atoms with Crippen molar-refractivity contribution < 1.29 is 27.4 Å². The minimum atomic E-state index is -3.06. The number of carbonyl (C=O) groups is 1. The number of nitrogens with zero attached hydrogens (tertiary/aromatic N) is 4. The van der Waals surface area contributed by atoms with E-state index in [4.69, 9.17) is 15.2 Å². The predicted octanol–water partition coefficient (Wildman–Crippen LogP) is 5.97. The molecule has 2 aromatic rings. The first-order valence-electron chi connectivity index (χ1n) is 14.8. The Bertz CT molecular complexity index is 1250. The van der Waals surface area contributed by atoms with Gasteiger partial charge in [0.05, 0.1) is 12.8 Å². The number of benzene rings is 1. The molecule has 238 valence electrons. The second kappa shape index (κ2) is 13.4. The molecule has 2 saturated heterocycles. The zero-order chi connectivity index (χ0) is 31.4. The molecule has 43 heavy (non-hydrogen) atoms. The number of nitrogens with two attached hydrogens (primary N) is 1. The first-order chi connectivity index (χ1) is 20.2. The van der Waals surface area contributed by atoms with Crippen LogP contribution in [0.5, 0.6) is 11.5 Å². The smallest absolute Gasteiger partial charge is 0.387 e. The molecule has 4 N–H and O–H groups in total. The van der Waals surface area contributed by atoms with Crippen LogP contribution in [0.1, 0.15) is 66.2 Å². The first-order valence-corrected chi connectivity index (χ1v) is 14.8. The molecule has 2 aliphatic rings. The molecule has 10 nitrogen and oxygen atoms in total. The maximum absolute atomic E-state index is 14.7. The average Bonchev–Trinajstić information content (AvgIpc) is 3.16. The van der Waals surface area contributed by atoms with Gasteiger partial charge < -0.3 is 30.7 Å². The predicted molar refractivity (Wildman–Crippen MR) is 160 cm³/mol. The second-order valence-electron chi connectivity index (χ2n) is 12.7. The van der Waals surface area contributed by atoms with Crippen molar-refractivity contribution in [3.63, 3.8) is 0 Å². The van der Waals surface area contributed by atoms with Crippen molar-refractivity contribution in [2.75, 3.05) is 37.4 Å². The highest BCUT2D eigenvalue weighted by Crippen LogP contribution is 2.38. The summed E-state index contributed by atoms with van der Waals surface area (Å²) in [5.41, 5.74) is 5.57. The highest BCUT2D eigenvalue weighted by atomic mass is 19.3. The number of alkyl halides is 2. The van der Waals surface area contributed by atoms with Crippen LogP contribution in [0.2, 0.25) is 0 Å². The number of aromatic nitrogens is 2. The molecule has 2 aliphatic heterocycles. The van der Waals surface area contributed by atoms with Crippen LogP contribution in [0, 0.1) is 11.7 Å². The van der Waals surface area contributed by atoms with Gasteiger partial charge >= 0.3 is 12.6 Å². The van der Waals surface area contributed by atoms with E-state index in [9.17, 15) is 18.0 Å². The molecule has 3 heterocycles. The number of halogens is 3. The zero-order valence-electron chi connectivity index (χ0n) is 25.6. The van der Waals surface area contributed by atoms with Gasteiger partial charge in [-0.05, 0) is 91.3 Å². The summed E-state index contributed by atoms with van der Waals surface area (Å²) < 4.78 is 51.8. The monoisotopic (exact) mass is 607 g/mol. The van der Waals surface area contributed by atoms with E-state index in [1.54, 1.807) is 11.0 Å². The number of anilines is 3. The van der Waals surface area contributed by atoms with Gasteiger partial charge in [0.2, 0.25) is 5.95 Å². The van der Waals surface area contributed by atoms with Crippen LogP contribution < -0.4 is 25.8 Å². The molecule has 0 saturated carbocycles. The summed E-state index contributed by atoms with van der Waals surface area (Å²) in [6, 6.07) is 4.11. The molecule has 1 aromatic carbocycles. The standard InChI is InChI=1S/C30H44F3N7O3/c1-29(2)16-21(17-30(3,4)39(29)5)36-25-22(31)18-35-28(38-25)37-20-8-9-23(24(15-20)43-26(32)33)42-14-11-19-7-6-12-40(13-10-19)27(34)41/h8-9,15,18-19,21,26H,6-7,10-14,16-17H2,1-5H3,(H2,34,41)(H2,35,36,37,38). The number of carbonyl (C=O) groups excluding carboxylic acids is 1. The van der Waals surface area contributed by atoms with Crippen LogP contribution in [0.3, 0.4) is 0 Å². The Kier molecular flexibility index (Phi) is 10.1. The van der Waals surface area contributed by atoms with Gasteiger partial charge in [-0.1, -0.05) is 0 Å². The Labute approximate surface area is 251 Å². The molecule has 2 fully saturated rings. The molecule has 4 rings (SSSR count). The molecule has 13 heteroatoms. The minimum Gasteiger partial charge on any atom is -0.490 e. The SMILES string of the molecule is CN1C(C)(C)CC(Nc2nc(Nc3ccc(OCCC4CCCN(C(N)=O)CC4)c(OC(F)F)c3)ncc2F)CC1(C)C. The van der Waals surface area contributed by atoms with Gasteiger partial charge in [0, 0.05) is 42.0 Å². The van der Waals surface area contributed by atoms with Gasteiger partial charge in [-0.3, -0.25) is 4.90 Å². The van der Waals surface area contributed by atoms with Crippen molar-refractivity contribution >= 4 is 23.5 Å². The van der Waals surface area contributed by atoms with Crippen LogP contribution in [-0.2, 0) is 0 Å². The third-order valence-corrected chi connectivity index (χ3v) is 8.75. The van der Waals surface area contributed by atoms with Crippen molar-refractivity contribution in [2.24, 2.45) is 11.7 Å². The highest BCUT2D eigenvalue weighted by Gasteiger charge is 2.43. The van der Waals surface area contributed by atoms with Crippen LogP contribution in [-0.4, -0.2) is 76.3 Å². The van der Waals surface area contributed by atoms with Gasteiger partial charge in [-0.25, -0.2) is 14.2 Å². The normalized spacial score (nSPS) is 20.9. The van der Waals surface area contributed by atoms with Crippen molar-refractivity contribution in [1.29, 1.82) is 0 Å². The first kappa shape index (κ1) is 32.4. The maximum atomic E-state index is 14.7. The van der Waals surface area contributed by atoms with E-state index < -0.39 is 18.5 Å². The van der Waals surface area contributed by atoms with E-state index in [2.05, 4.69) is 60.2 Å². The number of nitrogens with one attached hydrogen (secondary N) is 2. The largest absolute Gasteiger partial charge is 0.490 e. The Morgan fingerprint density at radius 3 is 2.53 bits per heavy atom. The number of piperidine rings is 1. The van der Waals surface area contributed by atoms with Crippen molar-refractivity contribution in [3.05, 3.63) is 30.2 Å². The quantitative estimate of drug-likeness (QED) is 0.302. The third kappa shape index (κ3) is 8.55. The summed E-state index contributed by atoms with van der Waals surface area (Å²) >= 11 is 0. The molecule has 1 aromatic heterocycles. The lowest BCUT2D eigenvalue weighted by Gasteiger charge is -2.53. The number of urea groups is 1. The lowest BCUT2D eigenvalue weighted by Crippen LogP contribution is -2.61. The number of rotatable bonds is 10. The molecule has 2 amide bonds. The van der Waals surface area contributed by atoms with Crippen molar-refractivity contribution in [1.82, 2.24) is 19.8 Å². The summed E-state index contributed by atoms with van der Waals surface area (Å²) in [6.07, 6.45) is 5.95.